The second-order valence-electron chi connectivity index (χ2n) is 7.50. The summed E-state index contributed by atoms with van der Waals surface area (Å²) in [6.45, 7) is 0.537. The Morgan fingerprint density at radius 2 is 2.00 bits per heavy atom. The lowest BCUT2D eigenvalue weighted by atomic mass is 9.83. The highest BCUT2D eigenvalue weighted by Gasteiger charge is 2.56. The van der Waals surface area contributed by atoms with Gasteiger partial charge in [-0.25, -0.2) is 9.97 Å². The highest BCUT2D eigenvalue weighted by atomic mass is 16.3. The number of pyridine rings is 2. The fourth-order valence-corrected chi connectivity index (χ4v) is 3.83. The van der Waals surface area contributed by atoms with Gasteiger partial charge in [0, 0.05) is 42.8 Å². The van der Waals surface area contributed by atoms with Crippen LogP contribution < -0.4 is 15.5 Å². The van der Waals surface area contributed by atoms with E-state index < -0.39 is 5.41 Å². The molecule has 30 heavy (non-hydrogen) atoms. The molecule has 2 aromatic rings. The first kappa shape index (κ1) is 19.8. The van der Waals surface area contributed by atoms with Gasteiger partial charge < -0.3 is 20.6 Å². The standard InChI is InChI=1S/C21H22N6O3/c22-13-21(15-1-2-15)5-9-27(20(21)30)16-4-7-24-18(12-16)26-17-11-14(3-6-23-17)19(29)25-8-10-28/h3-4,6-7,11-12,15,28H,1-2,5,8-10H2,(H,25,29)(H,23,24,26)/t21-/m1/s1. The maximum atomic E-state index is 13.0. The number of carbonyl (C=O) groups is 2. The van der Waals surface area contributed by atoms with Crippen molar-refractivity contribution in [3.63, 3.8) is 0 Å². The molecule has 3 heterocycles. The summed E-state index contributed by atoms with van der Waals surface area (Å²) in [5, 5.41) is 24.1. The average Bonchev–Trinajstić information content (AvgIpc) is 3.56. The Kier molecular flexibility index (Phi) is 5.33. The summed E-state index contributed by atoms with van der Waals surface area (Å²) >= 11 is 0. The summed E-state index contributed by atoms with van der Waals surface area (Å²) in [4.78, 5) is 35.2. The minimum absolute atomic E-state index is 0.134. The molecule has 9 heteroatoms. The van der Waals surface area contributed by atoms with Crippen LogP contribution in [-0.2, 0) is 4.79 Å². The number of nitriles is 1. The zero-order chi connectivity index (χ0) is 21.1. The molecule has 2 amide bonds. The molecule has 2 aliphatic rings. The van der Waals surface area contributed by atoms with Gasteiger partial charge in [0.1, 0.15) is 17.1 Å². The molecule has 1 aliphatic carbocycles. The number of hydrogen-bond acceptors (Lipinski definition) is 7. The fraction of sp³-hybridized carbons (Fsp3) is 0.381. The van der Waals surface area contributed by atoms with Crippen LogP contribution in [0.1, 0.15) is 29.6 Å². The zero-order valence-corrected chi connectivity index (χ0v) is 16.3. The summed E-state index contributed by atoms with van der Waals surface area (Å²) in [6, 6.07) is 8.92. The lowest BCUT2D eigenvalue weighted by Crippen LogP contribution is -2.35. The van der Waals surface area contributed by atoms with Crippen molar-refractivity contribution in [3.8, 4) is 6.07 Å². The number of aliphatic hydroxyl groups excluding tert-OH is 1. The number of anilines is 3. The number of aromatic nitrogens is 2. The molecule has 1 aliphatic heterocycles. The SMILES string of the molecule is N#C[C@@]1(C2CC2)CCN(c2ccnc(Nc3cc(C(=O)NCCO)ccn3)c2)C1=O. The third-order valence-corrected chi connectivity index (χ3v) is 5.56. The number of amides is 2. The first-order chi connectivity index (χ1) is 14.6. The van der Waals surface area contributed by atoms with Crippen molar-refractivity contribution in [2.75, 3.05) is 29.9 Å². The van der Waals surface area contributed by atoms with Crippen LogP contribution in [0.3, 0.4) is 0 Å². The van der Waals surface area contributed by atoms with Crippen molar-refractivity contribution >= 4 is 29.1 Å². The molecule has 0 radical (unpaired) electrons. The van der Waals surface area contributed by atoms with Crippen LogP contribution in [0.4, 0.5) is 17.3 Å². The zero-order valence-electron chi connectivity index (χ0n) is 16.3. The molecule has 0 spiro atoms. The van der Waals surface area contributed by atoms with E-state index in [1.807, 2.05) is 0 Å². The van der Waals surface area contributed by atoms with E-state index in [9.17, 15) is 14.9 Å². The van der Waals surface area contributed by atoms with Crippen molar-refractivity contribution in [2.45, 2.75) is 19.3 Å². The minimum atomic E-state index is -0.894. The molecule has 1 saturated carbocycles. The molecular weight excluding hydrogens is 384 g/mol. The van der Waals surface area contributed by atoms with Crippen LogP contribution in [0.15, 0.2) is 36.7 Å². The second kappa shape index (κ2) is 8.08. The van der Waals surface area contributed by atoms with Gasteiger partial charge in [-0.15, -0.1) is 0 Å². The van der Waals surface area contributed by atoms with Gasteiger partial charge in [-0.3, -0.25) is 9.59 Å². The van der Waals surface area contributed by atoms with E-state index in [1.54, 1.807) is 35.4 Å². The Balaban J connectivity index is 1.50. The number of hydrogen-bond donors (Lipinski definition) is 3. The van der Waals surface area contributed by atoms with E-state index in [1.165, 1.54) is 6.20 Å². The fourth-order valence-electron chi connectivity index (χ4n) is 3.83. The summed E-state index contributed by atoms with van der Waals surface area (Å²) in [6.07, 6.45) is 5.51. The van der Waals surface area contributed by atoms with E-state index in [2.05, 4.69) is 26.7 Å². The number of aliphatic hydroxyl groups is 1. The average molecular weight is 406 g/mol. The van der Waals surface area contributed by atoms with Crippen molar-refractivity contribution in [1.82, 2.24) is 15.3 Å². The van der Waals surface area contributed by atoms with Gasteiger partial charge in [0.15, 0.2) is 0 Å². The minimum Gasteiger partial charge on any atom is -0.395 e. The van der Waals surface area contributed by atoms with E-state index in [4.69, 9.17) is 5.11 Å². The number of rotatable bonds is 7. The molecule has 1 atom stereocenters. The van der Waals surface area contributed by atoms with Crippen molar-refractivity contribution in [2.24, 2.45) is 11.3 Å². The highest BCUT2D eigenvalue weighted by molar-refractivity contribution is 6.02. The molecule has 9 nitrogen and oxygen atoms in total. The Labute approximate surface area is 173 Å². The third kappa shape index (κ3) is 3.69. The Hall–Kier alpha value is -3.51. The molecule has 2 aromatic heterocycles. The van der Waals surface area contributed by atoms with Crippen LogP contribution in [0, 0.1) is 22.7 Å². The molecule has 0 unspecified atom stereocenters. The Bertz CT molecular complexity index is 1020. The number of nitrogens with zero attached hydrogens (tertiary/aromatic N) is 4. The summed E-state index contributed by atoms with van der Waals surface area (Å²) in [5.41, 5.74) is 0.177. The first-order valence-corrected chi connectivity index (χ1v) is 9.89. The molecule has 0 aromatic carbocycles. The van der Waals surface area contributed by atoms with Crippen LogP contribution in [0.25, 0.3) is 0 Å². The van der Waals surface area contributed by atoms with Crippen molar-refractivity contribution in [1.29, 1.82) is 5.26 Å². The van der Waals surface area contributed by atoms with Crippen LogP contribution >= 0.6 is 0 Å². The van der Waals surface area contributed by atoms with Crippen LogP contribution in [-0.4, -0.2) is 46.6 Å². The van der Waals surface area contributed by atoms with Gasteiger partial charge in [0.05, 0.1) is 12.7 Å². The van der Waals surface area contributed by atoms with Gasteiger partial charge >= 0.3 is 0 Å². The predicted molar refractivity (Wildman–Crippen MR) is 109 cm³/mol. The molecular formula is C21H22N6O3. The molecule has 3 N–H and O–H groups in total. The van der Waals surface area contributed by atoms with Crippen LogP contribution in [0.2, 0.25) is 0 Å². The third-order valence-electron chi connectivity index (χ3n) is 5.56. The monoisotopic (exact) mass is 406 g/mol. The molecule has 4 rings (SSSR count). The predicted octanol–water partition coefficient (Wildman–Crippen LogP) is 1.60. The summed E-state index contributed by atoms with van der Waals surface area (Å²) < 4.78 is 0. The molecule has 1 saturated heterocycles. The number of nitrogens with one attached hydrogen (secondary N) is 2. The lowest BCUT2D eigenvalue weighted by molar-refractivity contribution is -0.123. The Morgan fingerprint density at radius 1 is 1.27 bits per heavy atom. The van der Waals surface area contributed by atoms with Crippen molar-refractivity contribution < 1.29 is 14.7 Å². The van der Waals surface area contributed by atoms with Gasteiger partial charge in [0.25, 0.3) is 5.91 Å². The maximum absolute atomic E-state index is 13.0. The normalized spacial score (nSPS) is 20.7. The van der Waals surface area contributed by atoms with Gasteiger partial charge in [-0.1, -0.05) is 0 Å². The maximum Gasteiger partial charge on any atom is 0.251 e. The highest BCUT2D eigenvalue weighted by Crippen LogP contribution is 2.51. The van der Waals surface area contributed by atoms with E-state index in [0.717, 1.165) is 12.8 Å². The van der Waals surface area contributed by atoms with Gasteiger partial charge in [-0.2, -0.15) is 5.26 Å². The van der Waals surface area contributed by atoms with Gasteiger partial charge in [-0.05, 0) is 43.4 Å². The molecule has 154 valence electrons. The largest absolute Gasteiger partial charge is 0.395 e. The summed E-state index contributed by atoms with van der Waals surface area (Å²) in [7, 11) is 0. The first-order valence-electron chi connectivity index (χ1n) is 9.89. The number of carbonyl (C=O) groups excluding carboxylic acids is 2. The smallest absolute Gasteiger partial charge is 0.251 e. The quantitative estimate of drug-likeness (QED) is 0.636. The lowest BCUT2D eigenvalue weighted by Gasteiger charge is -2.21. The van der Waals surface area contributed by atoms with Crippen molar-refractivity contribution in [3.05, 3.63) is 42.2 Å². The Morgan fingerprint density at radius 3 is 2.70 bits per heavy atom. The molecule has 2 fully saturated rings. The molecule has 0 bridgehead atoms. The van der Waals surface area contributed by atoms with Gasteiger partial charge in [0.2, 0.25) is 5.91 Å². The van der Waals surface area contributed by atoms with Crippen LogP contribution in [0.5, 0.6) is 0 Å². The van der Waals surface area contributed by atoms with E-state index >= 15 is 0 Å². The summed E-state index contributed by atoms with van der Waals surface area (Å²) in [5.74, 6) is 0.621. The topological polar surface area (TPSA) is 131 Å². The van der Waals surface area contributed by atoms with E-state index in [0.29, 0.717) is 35.9 Å². The van der Waals surface area contributed by atoms with E-state index in [-0.39, 0.29) is 30.9 Å². The second-order valence-corrected chi connectivity index (χ2v) is 7.50.